The number of aromatic nitrogens is 1. The van der Waals surface area contributed by atoms with Crippen LogP contribution in [0.25, 0.3) is 0 Å². The number of piperidine rings is 1. The Bertz CT molecular complexity index is 615. The number of hydrogen-bond acceptors (Lipinski definition) is 3. The lowest BCUT2D eigenvalue weighted by Crippen LogP contribution is -2.48. The molecule has 1 fully saturated rings. The van der Waals surface area contributed by atoms with E-state index in [2.05, 4.69) is 15.2 Å². The minimum Gasteiger partial charge on any atom is -0.351 e. The van der Waals surface area contributed by atoms with Crippen LogP contribution in [0.15, 0.2) is 54.9 Å². The molecule has 4 nitrogen and oxygen atoms in total. The predicted molar refractivity (Wildman–Crippen MR) is 90.6 cm³/mol. The largest absolute Gasteiger partial charge is 0.351 e. The highest BCUT2D eigenvalue weighted by atomic mass is 16.2. The number of carbonyl (C=O) groups excluding carboxylic acids is 1. The quantitative estimate of drug-likeness (QED) is 0.924. The molecule has 1 atom stereocenters. The van der Waals surface area contributed by atoms with Crippen LogP contribution in [0.2, 0.25) is 0 Å². The van der Waals surface area contributed by atoms with Crippen LogP contribution in [0.1, 0.15) is 30.4 Å². The summed E-state index contributed by atoms with van der Waals surface area (Å²) in [7, 11) is 0. The maximum atomic E-state index is 12.6. The minimum atomic E-state index is -0.0272. The highest BCUT2D eigenvalue weighted by Crippen LogP contribution is 2.19. The number of amides is 1. The van der Waals surface area contributed by atoms with Gasteiger partial charge in [-0.1, -0.05) is 36.8 Å². The molecule has 0 spiro atoms. The van der Waals surface area contributed by atoms with E-state index < -0.39 is 0 Å². The lowest BCUT2D eigenvalue weighted by molar-refractivity contribution is -0.128. The molecule has 2 heterocycles. The van der Waals surface area contributed by atoms with Gasteiger partial charge >= 0.3 is 0 Å². The molecule has 1 amide bonds. The Morgan fingerprint density at radius 3 is 2.65 bits per heavy atom. The smallest absolute Gasteiger partial charge is 0.237 e. The Morgan fingerprint density at radius 2 is 1.87 bits per heavy atom. The van der Waals surface area contributed by atoms with Crippen LogP contribution in [0.3, 0.4) is 0 Å². The van der Waals surface area contributed by atoms with Crippen molar-refractivity contribution in [3.05, 3.63) is 66.0 Å². The van der Waals surface area contributed by atoms with Gasteiger partial charge in [0.25, 0.3) is 0 Å². The number of pyridine rings is 1. The predicted octanol–water partition coefficient (Wildman–Crippen LogP) is 2.75. The molecule has 1 unspecified atom stereocenters. The number of carbonyl (C=O) groups is 1. The van der Waals surface area contributed by atoms with Crippen molar-refractivity contribution >= 4 is 5.91 Å². The number of benzene rings is 1. The van der Waals surface area contributed by atoms with Crippen molar-refractivity contribution in [2.75, 3.05) is 6.54 Å². The van der Waals surface area contributed by atoms with Crippen molar-refractivity contribution in [1.82, 2.24) is 15.2 Å². The average molecular weight is 309 g/mol. The fourth-order valence-corrected chi connectivity index (χ4v) is 3.10. The fraction of sp³-hybridized carbons (Fsp3) is 0.368. The zero-order valence-corrected chi connectivity index (χ0v) is 13.3. The lowest BCUT2D eigenvalue weighted by atomic mass is 10.0. The van der Waals surface area contributed by atoms with E-state index in [0.717, 1.165) is 37.9 Å². The highest BCUT2D eigenvalue weighted by molar-refractivity contribution is 5.81. The van der Waals surface area contributed by atoms with Crippen LogP contribution in [0.4, 0.5) is 0 Å². The van der Waals surface area contributed by atoms with Crippen LogP contribution >= 0.6 is 0 Å². The molecule has 1 aromatic carbocycles. The second kappa shape index (κ2) is 7.88. The maximum absolute atomic E-state index is 12.6. The number of nitrogens with zero attached hydrogens (tertiary/aromatic N) is 2. The number of nitrogens with one attached hydrogen (secondary N) is 1. The SMILES string of the molecule is O=C(NCc1ccccc1)C1CCCCN1Cc1ccncc1. The molecule has 0 saturated carbocycles. The Morgan fingerprint density at radius 1 is 1.09 bits per heavy atom. The molecule has 0 bridgehead atoms. The average Bonchev–Trinajstić information content (AvgIpc) is 2.62. The maximum Gasteiger partial charge on any atom is 0.237 e. The molecule has 3 rings (SSSR count). The van der Waals surface area contributed by atoms with Crippen LogP contribution in [-0.4, -0.2) is 28.4 Å². The third kappa shape index (κ3) is 4.39. The molecular formula is C19H23N3O. The lowest BCUT2D eigenvalue weighted by Gasteiger charge is -2.34. The van der Waals surface area contributed by atoms with Crippen molar-refractivity contribution < 1.29 is 4.79 Å². The third-order valence-electron chi connectivity index (χ3n) is 4.36. The zero-order valence-electron chi connectivity index (χ0n) is 13.3. The summed E-state index contributed by atoms with van der Waals surface area (Å²) in [5.41, 5.74) is 2.35. The Kier molecular flexibility index (Phi) is 5.37. The fourth-order valence-electron chi connectivity index (χ4n) is 3.10. The van der Waals surface area contributed by atoms with Gasteiger partial charge in [-0.3, -0.25) is 14.7 Å². The summed E-state index contributed by atoms with van der Waals surface area (Å²) in [6.07, 6.45) is 6.84. The molecule has 1 saturated heterocycles. The van der Waals surface area contributed by atoms with Crippen LogP contribution < -0.4 is 5.32 Å². The van der Waals surface area contributed by atoms with Gasteiger partial charge in [-0.25, -0.2) is 0 Å². The Balaban J connectivity index is 1.60. The molecule has 1 N–H and O–H groups in total. The summed E-state index contributed by atoms with van der Waals surface area (Å²) < 4.78 is 0. The van der Waals surface area contributed by atoms with E-state index in [0.29, 0.717) is 6.54 Å². The van der Waals surface area contributed by atoms with E-state index >= 15 is 0 Å². The van der Waals surface area contributed by atoms with Gasteiger partial charge in [0.1, 0.15) is 0 Å². The molecule has 2 aromatic rings. The summed E-state index contributed by atoms with van der Waals surface area (Å²) in [6.45, 7) is 2.39. The topological polar surface area (TPSA) is 45.2 Å². The summed E-state index contributed by atoms with van der Waals surface area (Å²) in [6, 6.07) is 14.1. The van der Waals surface area contributed by atoms with E-state index in [1.807, 2.05) is 54.9 Å². The summed E-state index contributed by atoms with van der Waals surface area (Å²) in [5.74, 6) is 0.141. The van der Waals surface area contributed by atoms with Gasteiger partial charge in [-0.15, -0.1) is 0 Å². The summed E-state index contributed by atoms with van der Waals surface area (Å²) in [5, 5.41) is 3.09. The highest BCUT2D eigenvalue weighted by Gasteiger charge is 2.28. The zero-order chi connectivity index (χ0) is 15.9. The van der Waals surface area contributed by atoms with E-state index in [1.54, 1.807) is 0 Å². The number of hydrogen-bond donors (Lipinski definition) is 1. The minimum absolute atomic E-state index is 0.0272. The molecule has 1 aromatic heterocycles. The standard InChI is InChI=1S/C19H23N3O/c23-19(21-14-16-6-2-1-3-7-16)18-8-4-5-13-22(18)15-17-9-11-20-12-10-17/h1-3,6-7,9-12,18H,4-5,8,13-15H2,(H,21,23). The molecular weight excluding hydrogens is 286 g/mol. The van der Waals surface area contributed by atoms with Crippen LogP contribution in [0.5, 0.6) is 0 Å². The van der Waals surface area contributed by atoms with Crippen molar-refractivity contribution in [3.8, 4) is 0 Å². The summed E-state index contributed by atoms with van der Waals surface area (Å²) >= 11 is 0. The molecule has 4 heteroatoms. The van der Waals surface area contributed by atoms with Crippen molar-refractivity contribution in [2.45, 2.75) is 38.4 Å². The van der Waals surface area contributed by atoms with E-state index in [-0.39, 0.29) is 11.9 Å². The first-order chi connectivity index (χ1) is 11.3. The Hall–Kier alpha value is -2.20. The van der Waals surface area contributed by atoms with E-state index in [9.17, 15) is 4.79 Å². The molecule has 0 radical (unpaired) electrons. The molecule has 1 aliphatic heterocycles. The molecule has 0 aliphatic carbocycles. The molecule has 120 valence electrons. The molecule has 1 aliphatic rings. The van der Waals surface area contributed by atoms with Gasteiger partial charge in [0, 0.05) is 25.5 Å². The first kappa shape index (κ1) is 15.7. The van der Waals surface area contributed by atoms with Gasteiger partial charge in [0.05, 0.1) is 6.04 Å². The Labute approximate surface area is 137 Å². The van der Waals surface area contributed by atoms with Gasteiger partial charge < -0.3 is 5.32 Å². The first-order valence-electron chi connectivity index (χ1n) is 8.27. The van der Waals surface area contributed by atoms with E-state index in [4.69, 9.17) is 0 Å². The molecule has 23 heavy (non-hydrogen) atoms. The first-order valence-corrected chi connectivity index (χ1v) is 8.27. The second-order valence-electron chi connectivity index (χ2n) is 6.04. The normalized spacial score (nSPS) is 18.5. The third-order valence-corrected chi connectivity index (χ3v) is 4.36. The monoisotopic (exact) mass is 309 g/mol. The number of likely N-dealkylation sites (tertiary alicyclic amines) is 1. The number of rotatable bonds is 5. The van der Waals surface area contributed by atoms with Gasteiger partial charge in [0.2, 0.25) is 5.91 Å². The van der Waals surface area contributed by atoms with Crippen LogP contribution in [0, 0.1) is 0 Å². The van der Waals surface area contributed by atoms with Crippen molar-refractivity contribution in [2.24, 2.45) is 0 Å². The van der Waals surface area contributed by atoms with Gasteiger partial charge in [0.15, 0.2) is 0 Å². The summed E-state index contributed by atoms with van der Waals surface area (Å²) in [4.78, 5) is 19.0. The van der Waals surface area contributed by atoms with Gasteiger partial charge in [-0.2, -0.15) is 0 Å². The van der Waals surface area contributed by atoms with Crippen LogP contribution in [-0.2, 0) is 17.9 Å². The van der Waals surface area contributed by atoms with Gasteiger partial charge in [-0.05, 0) is 42.6 Å². The van der Waals surface area contributed by atoms with Crippen molar-refractivity contribution in [1.29, 1.82) is 0 Å². The second-order valence-corrected chi connectivity index (χ2v) is 6.04. The van der Waals surface area contributed by atoms with Crippen molar-refractivity contribution in [3.63, 3.8) is 0 Å². The van der Waals surface area contributed by atoms with E-state index in [1.165, 1.54) is 5.56 Å².